The summed E-state index contributed by atoms with van der Waals surface area (Å²) in [6.07, 6.45) is 2.32. The molecule has 0 N–H and O–H groups in total. The first-order valence-corrected chi connectivity index (χ1v) is 20.3. The average molecular weight is 565 g/mol. The average Bonchev–Trinajstić information content (AvgIpc) is 3.37. The first kappa shape index (κ1) is 18.3. The Morgan fingerprint density at radius 2 is 1.00 bits per heavy atom. The van der Waals surface area contributed by atoms with Gasteiger partial charge < -0.3 is 0 Å². The van der Waals surface area contributed by atoms with Crippen molar-refractivity contribution < 1.29 is 20.0 Å². The molecule has 0 aromatic heterocycles. The monoisotopic (exact) mass is 566 g/mol. The van der Waals surface area contributed by atoms with Crippen molar-refractivity contribution in [3.8, 4) is 0 Å². The van der Waals surface area contributed by atoms with Crippen LogP contribution in [0.2, 0.25) is 8.35 Å². The molecule has 3 aliphatic rings. The Kier molecular flexibility index (Phi) is 3.78. The minimum atomic E-state index is -2.82. The van der Waals surface area contributed by atoms with Crippen LogP contribution in [0.15, 0.2) is 83.9 Å². The molecule has 1 aliphatic heterocycles. The Balaban J connectivity index is 1.50. The Labute approximate surface area is 188 Å². The number of rotatable bonds is 2. The van der Waals surface area contributed by atoms with Crippen LogP contribution in [0.25, 0.3) is 28.2 Å². The van der Waals surface area contributed by atoms with Gasteiger partial charge >= 0.3 is 189 Å². The van der Waals surface area contributed by atoms with Gasteiger partial charge in [-0.3, -0.25) is 0 Å². The molecule has 0 saturated carbocycles. The van der Waals surface area contributed by atoms with Gasteiger partial charge in [0.05, 0.1) is 0 Å². The Hall–Kier alpha value is -2.25. The predicted octanol–water partition coefficient (Wildman–Crippen LogP) is 8.27. The third-order valence-electron chi connectivity index (χ3n) is 8.00. The van der Waals surface area contributed by atoms with Gasteiger partial charge in [0, 0.05) is 0 Å². The van der Waals surface area contributed by atoms with Crippen LogP contribution >= 0.6 is 0 Å². The van der Waals surface area contributed by atoms with Gasteiger partial charge in [0.25, 0.3) is 0 Å². The third kappa shape index (κ3) is 2.45. The van der Waals surface area contributed by atoms with Crippen LogP contribution in [0.3, 0.4) is 0 Å². The van der Waals surface area contributed by atoms with E-state index in [0.29, 0.717) is 0 Å². The van der Waals surface area contributed by atoms with E-state index in [1.165, 1.54) is 29.9 Å². The van der Waals surface area contributed by atoms with Crippen molar-refractivity contribution >= 4 is 28.2 Å². The fraction of sp³-hybridized carbons (Fsp3) is 0.200. The molecule has 4 aromatic carbocycles. The second-order valence-corrected chi connectivity index (χ2v) is 24.8. The Bertz CT molecular complexity index is 1380. The van der Waals surface area contributed by atoms with Gasteiger partial charge in [-0.25, -0.2) is 0 Å². The van der Waals surface area contributed by atoms with Crippen molar-refractivity contribution in [1.29, 1.82) is 0 Å². The van der Waals surface area contributed by atoms with Crippen molar-refractivity contribution in [2.75, 3.05) is 0 Å². The van der Waals surface area contributed by atoms with Crippen molar-refractivity contribution in [1.82, 2.24) is 0 Å². The molecule has 0 bridgehead atoms. The molecule has 0 spiro atoms. The number of benzene rings is 4. The molecule has 7 rings (SSSR count). The number of allylic oxidation sites excluding steroid dienone is 2. The second kappa shape index (κ2) is 6.39. The summed E-state index contributed by atoms with van der Waals surface area (Å²) in [4.78, 5) is 0. The maximum absolute atomic E-state index is 2.82. The zero-order chi connectivity index (χ0) is 20.7. The minimum absolute atomic E-state index is 1.16. The van der Waals surface area contributed by atoms with E-state index in [0.717, 1.165) is 12.8 Å². The van der Waals surface area contributed by atoms with Crippen molar-refractivity contribution in [2.24, 2.45) is 0 Å². The number of hydrogen-bond donors (Lipinski definition) is 0. The molecule has 2 aliphatic carbocycles. The van der Waals surface area contributed by atoms with Crippen LogP contribution in [0, 0.1) is 0 Å². The third-order valence-corrected chi connectivity index (χ3v) is 25.1. The molecule has 0 radical (unpaired) electrons. The summed E-state index contributed by atoms with van der Waals surface area (Å²) in [5.74, 6) is 0. The number of hydrogen-bond acceptors (Lipinski definition) is 0. The van der Waals surface area contributed by atoms with Crippen LogP contribution in [-0.4, -0.2) is 0 Å². The topological polar surface area (TPSA) is 0 Å². The summed E-state index contributed by atoms with van der Waals surface area (Å²) in [6, 6.07) is 27.7. The summed E-state index contributed by atoms with van der Waals surface area (Å²) >= 11 is -2.82. The van der Waals surface area contributed by atoms with Crippen molar-refractivity contribution in [3.05, 3.63) is 106 Å². The van der Waals surface area contributed by atoms with Crippen molar-refractivity contribution in [2.45, 2.75) is 35.0 Å². The first-order chi connectivity index (χ1) is 15.2. The molecule has 0 amide bonds. The van der Waals surface area contributed by atoms with Gasteiger partial charge in [0.1, 0.15) is 0 Å². The van der Waals surface area contributed by atoms with Crippen LogP contribution in [0.1, 0.15) is 36.1 Å². The van der Waals surface area contributed by atoms with Gasteiger partial charge in [0.2, 0.25) is 0 Å². The van der Waals surface area contributed by atoms with Gasteiger partial charge in [-0.05, 0) is 0 Å². The molecule has 4 aromatic rings. The molecule has 0 unspecified atom stereocenters. The van der Waals surface area contributed by atoms with E-state index >= 15 is 0 Å². The van der Waals surface area contributed by atoms with E-state index in [1.54, 1.807) is 33.4 Å². The Morgan fingerprint density at radius 3 is 1.45 bits per heavy atom. The summed E-state index contributed by atoms with van der Waals surface area (Å²) < 4.78 is 6.74. The first-order valence-electron chi connectivity index (χ1n) is 11.6. The zero-order valence-electron chi connectivity index (χ0n) is 18.3. The van der Waals surface area contributed by atoms with Crippen LogP contribution in [0.4, 0.5) is 0 Å². The van der Waals surface area contributed by atoms with Gasteiger partial charge in [-0.1, -0.05) is 0 Å². The molecule has 0 nitrogen and oxygen atoms in total. The molecular formula is C30H26Hf. The molecule has 31 heavy (non-hydrogen) atoms. The normalized spacial score (nSPS) is 18.8. The van der Waals surface area contributed by atoms with E-state index in [4.69, 9.17) is 0 Å². The molecule has 1 heteroatoms. The molecular weight excluding hydrogens is 539 g/mol. The predicted molar refractivity (Wildman–Crippen MR) is 130 cm³/mol. The quantitative estimate of drug-likeness (QED) is 0.215. The number of fused-ring (bicyclic) bond motifs is 6. The molecule has 0 atom stereocenters. The SMILES string of the molecule is CC1=[C]([Hf]2([C]3=C(C)Cc4ccc5ccccc5c43)[CH2][CH2]2)c2c(ccc3ccccc23)C1. The fourth-order valence-corrected chi connectivity index (χ4v) is 31.5. The van der Waals surface area contributed by atoms with E-state index in [2.05, 4.69) is 86.6 Å². The van der Waals surface area contributed by atoms with Crippen LogP contribution < -0.4 is 0 Å². The summed E-state index contributed by atoms with van der Waals surface area (Å²) in [6.45, 7) is 4.89. The van der Waals surface area contributed by atoms with Gasteiger partial charge in [-0.2, -0.15) is 0 Å². The summed E-state index contributed by atoms with van der Waals surface area (Å²) in [5, 5.41) is 5.79. The second-order valence-electron chi connectivity index (χ2n) is 9.89. The fourth-order valence-electron chi connectivity index (χ4n) is 6.74. The molecule has 150 valence electrons. The molecule has 1 saturated heterocycles. The molecule has 1 heterocycles. The zero-order valence-corrected chi connectivity index (χ0v) is 21.8. The van der Waals surface area contributed by atoms with E-state index < -0.39 is 20.0 Å². The summed E-state index contributed by atoms with van der Waals surface area (Å²) in [5.41, 5.74) is 9.80. The van der Waals surface area contributed by atoms with Gasteiger partial charge in [0.15, 0.2) is 0 Å². The molecule has 1 fully saturated rings. The van der Waals surface area contributed by atoms with E-state index in [-0.39, 0.29) is 0 Å². The maximum atomic E-state index is 2.44. The van der Waals surface area contributed by atoms with Crippen molar-refractivity contribution in [3.63, 3.8) is 0 Å². The standard InChI is InChI=1S/2C14H11.C2H4.Hf/c2*1-10-8-12-7-6-11-4-2-3-5-13(11)14(12)9-10;1-2;/h2*2-7H,8H2,1H3;1-2H2;. The van der Waals surface area contributed by atoms with E-state index in [9.17, 15) is 0 Å². The Morgan fingerprint density at radius 1 is 0.548 bits per heavy atom. The van der Waals surface area contributed by atoms with Crippen LogP contribution in [0.5, 0.6) is 0 Å². The summed E-state index contributed by atoms with van der Waals surface area (Å²) in [7, 11) is 0. The van der Waals surface area contributed by atoms with E-state index in [1.807, 2.05) is 6.66 Å². The van der Waals surface area contributed by atoms with Crippen LogP contribution in [-0.2, 0) is 32.8 Å². The van der Waals surface area contributed by atoms with Gasteiger partial charge in [-0.15, -0.1) is 0 Å².